The van der Waals surface area contributed by atoms with Crippen molar-refractivity contribution >= 4 is 34.0 Å². The van der Waals surface area contributed by atoms with Crippen LogP contribution in [0.4, 0.5) is 10.8 Å². The number of carbonyl (C=O) groups is 2. The molecule has 0 atom stereocenters. The van der Waals surface area contributed by atoms with E-state index < -0.39 is 5.60 Å². The van der Waals surface area contributed by atoms with E-state index in [9.17, 15) is 9.59 Å². The summed E-state index contributed by atoms with van der Waals surface area (Å²) in [6, 6.07) is 16.6. The van der Waals surface area contributed by atoms with Crippen molar-refractivity contribution in [3.8, 4) is 17.0 Å². The topological polar surface area (TPSA) is 80.3 Å². The maximum Gasteiger partial charge on any atom is 0.267 e. The van der Waals surface area contributed by atoms with E-state index in [-0.39, 0.29) is 11.8 Å². The number of benzene rings is 2. The number of hydrogen-bond donors (Lipinski definition) is 2. The first-order chi connectivity index (χ1) is 13.3. The average molecular weight is 395 g/mol. The molecule has 0 aliphatic heterocycles. The van der Waals surface area contributed by atoms with Gasteiger partial charge in [0, 0.05) is 23.6 Å². The Morgan fingerprint density at radius 1 is 1.04 bits per heavy atom. The summed E-state index contributed by atoms with van der Waals surface area (Å²) < 4.78 is 5.83. The third-order valence-electron chi connectivity index (χ3n) is 3.87. The summed E-state index contributed by atoms with van der Waals surface area (Å²) in [6.07, 6.45) is 0. The largest absolute Gasteiger partial charge is 0.478 e. The van der Waals surface area contributed by atoms with Crippen LogP contribution in [0.25, 0.3) is 11.3 Å². The number of nitrogens with zero attached hydrogens (tertiary/aromatic N) is 1. The predicted octanol–water partition coefficient (Wildman–Crippen LogP) is 4.56. The lowest BCUT2D eigenvalue weighted by molar-refractivity contribution is -0.128. The first kappa shape index (κ1) is 19.6. The molecule has 3 rings (SSSR count). The molecule has 0 spiro atoms. The van der Waals surface area contributed by atoms with Crippen molar-refractivity contribution in [2.45, 2.75) is 26.4 Å². The van der Waals surface area contributed by atoms with Gasteiger partial charge in [-0.05, 0) is 38.1 Å². The lowest BCUT2D eigenvalue weighted by Crippen LogP contribution is -2.42. The third-order valence-corrected chi connectivity index (χ3v) is 4.62. The van der Waals surface area contributed by atoms with E-state index in [1.165, 1.54) is 18.3 Å². The molecule has 0 saturated carbocycles. The number of hydrogen-bond acceptors (Lipinski definition) is 5. The Labute approximate surface area is 167 Å². The first-order valence-corrected chi connectivity index (χ1v) is 9.60. The quantitative estimate of drug-likeness (QED) is 0.641. The van der Waals surface area contributed by atoms with Crippen LogP contribution in [-0.4, -0.2) is 22.4 Å². The molecule has 0 aliphatic carbocycles. The van der Waals surface area contributed by atoms with Gasteiger partial charge in [0.15, 0.2) is 10.7 Å². The van der Waals surface area contributed by atoms with E-state index >= 15 is 0 Å². The van der Waals surface area contributed by atoms with Crippen molar-refractivity contribution in [3.05, 3.63) is 60.0 Å². The molecular weight excluding hydrogens is 374 g/mol. The molecule has 1 aromatic heterocycles. The van der Waals surface area contributed by atoms with Gasteiger partial charge in [-0.25, -0.2) is 4.98 Å². The number of ether oxygens (including phenoxy) is 1. The van der Waals surface area contributed by atoms with Crippen molar-refractivity contribution in [3.63, 3.8) is 0 Å². The molecule has 7 heteroatoms. The summed E-state index contributed by atoms with van der Waals surface area (Å²) in [5.74, 6) is 0.206. The molecule has 3 aromatic rings. The normalized spacial score (nSPS) is 11.0. The van der Waals surface area contributed by atoms with Gasteiger partial charge in [0.05, 0.1) is 5.69 Å². The second-order valence-corrected chi connectivity index (χ2v) is 7.54. The smallest absolute Gasteiger partial charge is 0.267 e. The number of aromatic nitrogens is 1. The number of carbonyl (C=O) groups excluding carboxylic acids is 2. The highest BCUT2D eigenvalue weighted by Gasteiger charge is 2.30. The van der Waals surface area contributed by atoms with Gasteiger partial charge >= 0.3 is 0 Å². The second kappa shape index (κ2) is 8.22. The Morgan fingerprint density at radius 2 is 1.79 bits per heavy atom. The zero-order valence-electron chi connectivity index (χ0n) is 15.9. The Balaban J connectivity index is 1.72. The fourth-order valence-corrected chi connectivity index (χ4v) is 3.25. The lowest BCUT2D eigenvalue weighted by atomic mass is 10.1. The minimum Gasteiger partial charge on any atom is -0.478 e. The van der Waals surface area contributed by atoms with Gasteiger partial charge in [0.2, 0.25) is 5.91 Å². The van der Waals surface area contributed by atoms with Gasteiger partial charge in [0.25, 0.3) is 5.91 Å². The van der Waals surface area contributed by atoms with Crippen LogP contribution in [0.1, 0.15) is 20.8 Å². The van der Waals surface area contributed by atoms with Crippen LogP contribution in [-0.2, 0) is 9.59 Å². The maximum atomic E-state index is 12.7. The van der Waals surface area contributed by atoms with E-state index in [2.05, 4.69) is 15.6 Å². The summed E-state index contributed by atoms with van der Waals surface area (Å²) in [5.41, 5.74) is 1.16. The van der Waals surface area contributed by atoms with Crippen LogP contribution < -0.4 is 15.4 Å². The molecule has 2 N–H and O–H groups in total. The van der Waals surface area contributed by atoms with Crippen LogP contribution >= 0.6 is 11.3 Å². The fraction of sp³-hybridized carbons (Fsp3) is 0.190. The number of nitrogens with one attached hydrogen (secondary N) is 2. The first-order valence-electron chi connectivity index (χ1n) is 8.72. The van der Waals surface area contributed by atoms with Gasteiger partial charge in [-0.1, -0.05) is 30.3 Å². The van der Waals surface area contributed by atoms with E-state index in [0.29, 0.717) is 16.6 Å². The monoisotopic (exact) mass is 395 g/mol. The minimum absolute atomic E-state index is 0.164. The zero-order chi connectivity index (χ0) is 20.1. The molecule has 1 heterocycles. The van der Waals surface area contributed by atoms with Gasteiger partial charge in [-0.3, -0.25) is 9.59 Å². The van der Waals surface area contributed by atoms with E-state index in [4.69, 9.17) is 4.74 Å². The molecule has 0 unspecified atom stereocenters. The molecule has 0 aliphatic rings. The molecule has 6 nitrogen and oxygen atoms in total. The number of amides is 2. The van der Waals surface area contributed by atoms with E-state index in [0.717, 1.165) is 11.3 Å². The highest BCUT2D eigenvalue weighted by Crippen LogP contribution is 2.27. The molecule has 0 bridgehead atoms. The zero-order valence-corrected chi connectivity index (χ0v) is 16.7. The standard InChI is InChI=1S/C21H21N3O3S/c1-14(25)22-20-24-18(13-28-20)15-8-7-9-16(12-15)23-19(26)21(2,3)27-17-10-5-4-6-11-17/h4-13H,1-3H3,(H,23,26)(H,22,24,25). The number of anilines is 2. The van der Waals surface area contributed by atoms with Crippen molar-refractivity contribution in [1.82, 2.24) is 4.98 Å². The molecule has 0 saturated heterocycles. The van der Waals surface area contributed by atoms with Crippen molar-refractivity contribution < 1.29 is 14.3 Å². The Bertz CT molecular complexity index is 983. The number of thiazole rings is 1. The van der Waals surface area contributed by atoms with Gasteiger partial charge in [-0.15, -0.1) is 11.3 Å². The molecule has 2 aromatic carbocycles. The summed E-state index contributed by atoms with van der Waals surface area (Å²) >= 11 is 1.35. The average Bonchev–Trinajstić information content (AvgIpc) is 3.10. The molecule has 0 radical (unpaired) electrons. The lowest BCUT2D eigenvalue weighted by Gasteiger charge is -2.25. The number of rotatable bonds is 6. The Hall–Kier alpha value is -3.19. The maximum absolute atomic E-state index is 12.7. The Morgan fingerprint density at radius 3 is 2.50 bits per heavy atom. The van der Waals surface area contributed by atoms with E-state index in [1.54, 1.807) is 19.9 Å². The Kier molecular flexibility index (Phi) is 5.75. The number of para-hydroxylation sites is 1. The van der Waals surface area contributed by atoms with Crippen LogP contribution in [0.2, 0.25) is 0 Å². The van der Waals surface area contributed by atoms with Crippen LogP contribution in [0, 0.1) is 0 Å². The van der Waals surface area contributed by atoms with Crippen molar-refractivity contribution in [2.24, 2.45) is 0 Å². The molecule has 0 fully saturated rings. The predicted molar refractivity (Wildman–Crippen MR) is 112 cm³/mol. The summed E-state index contributed by atoms with van der Waals surface area (Å²) in [7, 11) is 0. The van der Waals surface area contributed by atoms with Crippen molar-refractivity contribution in [2.75, 3.05) is 10.6 Å². The third kappa shape index (κ3) is 4.95. The van der Waals surface area contributed by atoms with Crippen molar-refractivity contribution in [1.29, 1.82) is 0 Å². The fourth-order valence-electron chi connectivity index (χ4n) is 2.48. The molecule has 144 valence electrons. The minimum atomic E-state index is -1.05. The molecule has 28 heavy (non-hydrogen) atoms. The van der Waals surface area contributed by atoms with Crippen LogP contribution in [0.15, 0.2) is 60.0 Å². The highest BCUT2D eigenvalue weighted by molar-refractivity contribution is 7.14. The van der Waals surface area contributed by atoms with Crippen LogP contribution in [0.5, 0.6) is 5.75 Å². The SMILES string of the molecule is CC(=O)Nc1nc(-c2cccc(NC(=O)C(C)(C)Oc3ccccc3)c2)cs1. The van der Waals surface area contributed by atoms with Gasteiger partial charge in [-0.2, -0.15) is 0 Å². The van der Waals surface area contributed by atoms with Gasteiger partial charge in [0.1, 0.15) is 5.75 Å². The summed E-state index contributed by atoms with van der Waals surface area (Å²) in [5, 5.41) is 7.95. The van der Waals surface area contributed by atoms with E-state index in [1.807, 2.05) is 53.9 Å². The van der Waals surface area contributed by atoms with Crippen LogP contribution in [0.3, 0.4) is 0 Å². The highest BCUT2D eigenvalue weighted by atomic mass is 32.1. The molecular formula is C21H21N3O3S. The molecule has 2 amide bonds. The summed E-state index contributed by atoms with van der Waals surface area (Å²) in [6.45, 7) is 4.88. The van der Waals surface area contributed by atoms with Gasteiger partial charge < -0.3 is 15.4 Å². The second-order valence-electron chi connectivity index (χ2n) is 6.68. The summed E-state index contributed by atoms with van der Waals surface area (Å²) in [4.78, 5) is 28.3.